The predicted molar refractivity (Wildman–Crippen MR) is 98.4 cm³/mol. The van der Waals surface area contributed by atoms with Gasteiger partial charge in [-0.25, -0.2) is 4.79 Å². The van der Waals surface area contributed by atoms with E-state index < -0.39 is 30.3 Å². The summed E-state index contributed by atoms with van der Waals surface area (Å²) in [4.78, 5) is 12.3. The Bertz CT molecular complexity index is 682. The SMILES string of the molecule is O=C(N[C@H](Cc1ccccc1)C1[C@H](O)CC[C@H]1O)OCc1ccccc1. The van der Waals surface area contributed by atoms with Gasteiger partial charge >= 0.3 is 6.09 Å². The standard InChI is InChI=1S/C21H25NO4/c23-18-11-12-19(24)20(18)17(13-15-7-3-1-4-8-15)22-21(25)26-14-16-9-5-2-6-10-16/h1-10,17-20,23-24H,11-14H2,(H,22,25)/t17-,18-,19-/m1/s1. The van der Waals surface area contributed by atoms with Crippen LogP contribution in [0, 0.1) is 5.92 Å². The van der Waals surface area contributed by atoms with Crippen molar-refractivity contribution in [3.05, 3.63) is 71.8 Å². The zero-order valence-corrected chi connectivity index (χ0v) is 14.6. The van der Waals surface area contributed by atoms with Gasteiger partial charge in [0, 0.05) is 12.0 Å². The Morgan fingerprint density at radius 1 is 0.962 bits per heavy atom. The minimum atomic E-state index is -0.631. The Kier molecular flexibility index (Phi) is 6.26. The Morgan fingerprint density at radius 2 is 1.50 bits per heavy atom. The fourth-order valence-corrected chi connectivity index (χ4v) is 3.59. The highest BCUT2D eigenvalue weighted by Crippen LogP contribution is 2.30. The molecule has 5 heteroatoms. The molecule has 138 valence electrons. The summed E-state index contributed by atoms with van der Waals surface area (Å²) in [5, 5.41) is 23.4. The van der Waals surface area contributed by atoms with Crippen molar-refractivity contribution >= 4 is 6.09 Å². The van der Waals surface area contributed by atoms with Crippen LogP contribution in [-0.4, -0.2) is 34.6 Å². The molecule has 0 aliphatic heterocycles. The molecule has 2 aromatic carbocycles. The molecule has 1 aliphatic rings. The second-order valence-corrected chi connectivity index (χ2v) is 6.79. The number of aliphatic hydroxyl groups excluding tert-OH is 2. The molecular formula is C21H25NO4. The lowest BCUT2D eigenvalue weighted by atomic mass is 9.89. The zero-order valence-electron chi connectivity index (χ0n) is 14.6. The van der Waals surface area contributed by atoms with Crippen molar-refractivity contribution in [2.45, 2.75) is 44.1 Å². The molecule has 1 fully saturated rings. The first-order valence-electron chi connectivity index (χ1n) is 9.01. The third-order valence-corrected chi connectivity index (χ3v) is 4.93. The van der Waals surface area contributed by atoms with Crippen LogP contribution in [0.25, 0.3) is 0 Å². The largest absolute Gasteiger partial charge is 0.445 e. The highest BCUT2D eigenvalue weighted by atomic mass is 16.5. The van der Waals surface area contributed by atoms with Crippen molar-refractivity contribution < 1.29 is 19.7 Å². The van der Waals surface area contributed by atoms with Gasteiger partial charge in [0.25, 0.3) is 0 Å². The molecule has 0 unspecified atom stereocenters. The van der Waals surface area contributed by atoms with Crippen molar-refractivity contribution in [3.8, 4) is 0 Å². The molecule has 0 radical (unpaired) electrons. The van der Waals surface area contributed by atoms with Gasteiger partial charge in [-0.1, -0.05) is 60.7 Å². The molecule has 1 aliphatic carbocycles. The van der Waals surface area contributed by atoms with E-state index in [1.165, 1.54) is 0 Å². The number of ether oxygens (including phenoxy) is 1. The van der Waals surface area contributed by atoms with E-state index in [9.17, 15) is 15.0 Å². The number of alkyl carbamates (subject to hydrolysis) is 1. The number of carbonyl (C=O) groups excluding carboxylic acids is 1. The zero-order chi connectivity index (χ0) is 18.4. The highest BCUT2D eigenvalue weighted by molar-refractivity contribution is 5.67. The Hall–Kier alpha value is -2.37. The van der Waals surface area contributed by atoms with E-state index in [-0.39, 0.29) is 6.61 Å². The molecule has 3 rings (SSSR count). The summed E-state index contributed by atoms with van der Waals surface area (Å²) in [7, 11) is 0. The molecule has 5 nitrogen and oxygen atoms in total. The number of amides is 1. The molecule has 0 bridgehead atoms. The Morgan fingerprint density at radius 3 is 2.08 bits per heavy atom. The smallest absolute Gasteiger partial charge is 0.407 e. The molecule has 3 atom stereocenters. The van der Waals surface area contributed by atoms with Crippen LogP contribution >= 0.6 is 0 Å². The normalized spacial score (nSPS) is 21.3. The van der Waals surface area contributed by atoms with Gasteiger partial charge in [0.2, 0.25) is 0 Å². The lowest BCUT2D eigenvalue weighted by Gasteiger charge is -2.29. The lowest BCUT2D eigenvalue weighted by molar-refractivity contribution is 0.0395. The lowest BCUT2D eigenvalue weighted by Crippen LogP contribution is -2.48. The van der Waals surface area contributed by atoms with Gasteiger partial charge in [0.1, 0.15) is 6.61 Å². The monoisotopic (exact) mass is 355 g/mol. The summed E-state index contributed by atoms with van der Waals surface area (Å²) in [6.45, 7) is 0.181. The van der Waals surface area contributed by atoms with E-state index >= 15 is 0 Å². The van der Waals surface area contributed by atoms with Gasteiger partial charge in [-0.3, -0.25) is 0 Å². The van der Waals surface area contributed by atoms with Crippen molar-refractivity contribution in [2.24, 2.45) is 5.92 Å². The molecule has 1 saturated carbocycles. The van der Waals surface area contributed by atoms with Crippen LogP contribution in [-0.2, 0) is 17.8 Å². The number of carbonyl (C=O) groups is 1. The molecular weight excluding hydrogens is 330 g/mol. The van der Waals surface area contributed by atoms with Gasteiger partial charge in [-0.2, -0.15) is 0 Å². The van der Waals surface area contributed by atoms with Crippen molar-refractivity contribution in [1.82, 2.24) is 5.32 Å². The number of hydrogen-bond donors (Lipinski definition) is 3. The average molecular weight is 355 g/mol. The molecule has 26 heavy (non-hydrogen) atoms. The first-order valence-corrected chi connectivity index (χ1v) is 9.01. The van der Waals surface area contributed by atoms with Crippen molar-refractivity contribution in [2.75, 3.05) is 0 Å². The maximum absolute atomic E-state index is 12.3. The van der Waals surface area contributed by atoms with E-state index in [0.29, 0.717) is 19.3 Å². The second-order valence-electron chi connectivity index (χ2n) is 6.79. The van der Waals surface area contributed by atoms with Crippen LogP contribution in [0.2, 0.25) is 0 Å². The molecule has 0 aromatic heterocycles. The molecule has 3 N–H and O–H groups in total. The minimum Gasteiger partial charge on any atom is -0.445 e. The number of aliphatic hydroxyl groups is 2. The molecule has 0 heterocycles. The fraction of sp³-hybridized carbons (Fsp3) is 0.381. The second kappa shape index (κ2) is 8.83. The molecule has 0 saturated heterocycles. The summed E-state index contributed by atoms with van der Waals surface area (Å²) >= 11 is 0. The van der Waals surface area contributed by atoms with Gasteiger partial charge in [0.15, 0.2) is 0 Å². The summed E-state index contributed by atoms with van der Waals surface area (Å²) in [5.41, 5.74) is 1.94. The molecule has 1 amide bonds. The highest BCUT2D eigenvalue weighted by Gasteiger charge is 2.40. The van der Waals surface area contributed by atoms with Crippen LogP contribution in [0.4, 0.5) is 4.79 Å². The van der Waals surface area contributed by atoms with Crippen LogP contribution < -0.4 is 5.32 Å². The number of benzene rings is 2. The molecule has 2 aromatic rings. The summed E-state index contributed by atoms with van der Waals surface area (Å²) in [5.74, 6) is -0.403. The van der Waals surface area contributed by atoms with Gasteiger partial charge in [0.05, 0.1) is 12.2 Å². The van der Waals surface area contributed by atoms with Crippen LogP contribution in [0.3, 0.4) is 0 Å². The Balaban J connectivity index is 1.65. The number of hydrogen-bond acceptors (Lipinski definition) is 4. The van der Waals surface area contributed by atoms with Crippen LogP contribution in [0.5, 0.6) is 0 Å². The van der Waals surface area contributed by atoms with E-state index in [0.717, 1.165) is 11.1 Å². The first kappa shape index (κ1) is 18.4. The van der Waals surface area contributed by atoms with Crippen LogP contribution in [0.1, 0.15) is 24.0 Å². The van der Waals surface area contributed by atoms with E-state index in [4.69, 9.17) is 4.74 Å². The summed E-state index contributed by atoms with van der Waals surface area (Å²) in [6, 6.07) is 18.8. The number of rotatable bonds is 6. The fourth-order valence-electron chi connectivity index (χ4n) is 3.59. The topological polar surface area (TPSA) is 78.8 Å². The van der Waals surface area contributed by atoms with Crippen molar-refractivity contribution in [1.29, 1.82) is 0 Å². The third kappa shape index (κ3) is 4.84. The van der Waals surface area contributed by atoms with E-state index in [2.05, 4.69) is 5.32 Å². The van der Waals surface area contributed by atoms with Gasteiger partial charge < -0.3 is 20.3 Å². The Labute approximate surface area is 153 Å². The van der Waals surface area contributed by atoms with E-state index in [1.807, 2.05) is 60.7 Å². The van der Waals surface area contributed by atoms with Crippen LogP contribution in [0.15, 0.2) is 60.7 Å². The van der Waals surface area contributed by atoms with E-state index in [1.54, 1.807) is 0 Å². The maximum Gasteiger partial charge on any atom is 0.407 e. The minimum absolute atomic E-state index is 0.181. The third-order valence-electron chi connectivity index (χ3n) is 4.93. The molecule has 0 spiro atoms. The van der Waals surface area contributed by atoms with Crippen molar-refractivity contribution in [3.63, 3.8) is 0 Å². The summed E-state index contributed by atoms with van der Waals surface area (Å²) < 4.78 is 5.31. The first-order chi connectivity index (χ1) is 12.6. The maximum atomic E-state index is 12.3. The number of nitrogens with one attached hydrogen (secondary N) is 1. The summed E-state index contributed by atoms with van der Waals surface area (Å²) in [6.07, 6.45) is -0.196. The van der Waals surface area contributed by atoms with Gasteiger partial charge in [-0.05, 0) is 30.4 Å². The van der Waals surface area contributed by atoms with Gasteiger partial charge in [-0.15, -0.1) is 0 Å². The quantitative estimate of drug-likeness (QED) is 0.744. The predicted octanol–water partition coefficient (Wildman–Crippen LogP) is 2.66. The average Bonchev–Trinajstić information content (AvgIpc) is 2.99.